The van der Waals surface area contributed by atoms with E-state index in [9.17, 15) is 25.0 Å². The molecular weight excluding hydrogens is 364 g/mol. The first kappa shape index (κ1) is 17.9. The lowest BCUT2D eigenvalue weighted by atomic mass is 10.1. The summed E-state index contributed by atoms with van der Waals surface area (Å²) in [5.74, 6) is 0.555. The van der Waals surface area contributed by atoms with Gasteiger partial charge in [-0.1, -0.05) is 0 Å². The highest BCUT2D eigenvalue weighted by Gasteiger charge is 2.28. The van der Waals surface area contributed by atoms with Gasteiger partial charge >= 0.3 is 6.16 Å². The molecule has 0 aromatic heterocycles. The SMILES string of the molecule is CC(OC(=O)Oc1ccc([N+](=O)[O-])cc1)c1cc2c(cc1[N+](=O)[O-])OCO2. The lowest BCUT2D eigenvalue weighted by Gasteiger charge is -2.14. The number of hydrogen-bond donors (Lipinski definition) is 0. The Labute approximate surface area is 151 Å². The van der Waals surface area contributed by atoms with Gasteiger partial charge in [-0.2, -0.15) is 0 Å². The molecule has 140 valence electrons. The van der Waals surface area contributed by atoms with E-state index in [1.165, 1.54) is 31.2 Å². The third-order valence-electron chi connectivity index (χ3n) is 3.68. The minimum absolute atomic E-state index is 0.0259. The predicted octanol–water partition coefficient (Wildman–Crippen LogP) is 3.51. The van der Waals surface area contributed by atoms with Crippen LogP contribution in [0.2, 0.25) is 0 Å². The van der Waals surface area contributed by atoms with E-state index < -0.39 is 22.1 Å². The summed E-state index contributed by atoms with van der Waals surface area (Å²) in [4.78, 5) is 32.6. The first-order valence-electron chi connectivity index (χ1n) is 7.56. The monoisotopic (exact) mass is 376 g/mol. The highest BCUT2D eigenvalue weighted by Crippen LogP contribution is 2.40. The van der Waals surface area contributed by atoms with E-state index in [1.54, 1.807) is 0 Å². The number of nitro benzene ring substituents is 2. The third kappa shape index (κ3) is 3.86. The number of rotatable bonds is 5. The van der Waals surface area contributed by atoms with Crippen LogP contribution in [-0.4, -0.2) is 22.8 Å². The van der Waals surface area contributed by atoms with Crippen molar-refractivity contribution in [1.82, 2.24) is 0 Å². The fourth-order valence-electron chi connectivity index (χ4n) is 2.39. The van der Waals surface area contributed by atoms with Gasteiger partial charge in [-0.15, -0.1) is 0 Å². The Morgan fingerprint density at radius 1 is 1.07 bits per heavy atom. The molecule has 0 bridgehead atoms. The molecule has 0 fully saturated rings. The van der Waals surface area contributed by atoms with Gasteiger partial charge in [0.2, 0.25) is 6.79 Å². The summed E-state index contributed by atoms with van der Waals surface area (Å²) < 4.78 is 20.3. The smallest absolute Gasteiger partial charge is 0.454 e. The molecule has 3 rings (SSSR count). The van der Waals surface area contributed by atoms with Crippen molar-refractivity contribution < 1.29 is 33.6 Å². The molecule has 0 N–H and O–H groups in total. The standard InChI is InChI=1S/C16H12N2O9/c1-9(12-6-14-15(25-8-24-14)7-13(12)18(22)23)26-16(19)27-11-4-2-10(3-5-11)17(20)21/h2-7,9H,8H2,1H3. The molecule has 27 heavy (non-hydrogen) atoms. The summed E-state index contributed by atoms with van der Waals surface area (Å²) in [5, 5.41) is 21.9. The van der Waals surface area contributed by atoms with Gasteiger partial charge < -0.3 is 18.9 Å². The van der Waals surface area contributed by atoms with Crippen LogP contribution < -0.4 is 14.2 Å². The van der Waals surface area contributed by atoms with Crippen LogP contribution in [-0.2, 0) is 4.74 Å². The molecule has 11 nitrogen and oxygen atoms in total. The number of nitrogens with zero attached hydrogens (tertiary/aromatic N) is 2. The van der Waals surface area contributed by atoms with Gasteiger partial charge in [0.05, 0.1) is 21.5 Å². The average Bonchev–Trinajstić information content (AvgIpc) is 3.08. The number of carbonyl (C=O) groups excluding carboxylic acids is 1. The van der Waals surface area contributed by atoms with Crippen LogP contribution in [0, 0.1) is 20.2 Å². The molecule has 0 saturated heterocycles. The maximum atomic E-state index is 11.9. The summed E-state index contributed by atoms with van der Waals surface area (Å²) in [6, 6.07) is 7.34. The Bertz CT molecular complexity index is 911. The molecule has 1 aliphatic heterocycles. The molecule has 2 aromatic carbocycles. The van der Waals surface area contributed by atoms with Crippen molar-refractivity contribution in [2.75, 3.05) is 6.79 Å². The summed E-state index contributed by atoms with van der Waals surface area (Å²) in [6.45, 7) is 1.37. The first-order valence-corrected chi connectivity index (χ1v) is 7.56. The third-order valence-corrected chi connectivity index (χ3v) is 3.68. The van der Waals surface area contributed by atoms with E-state index in [-0.39, 0.29) is 35.2 Å². The molecule has 0 amide bonds. The first-order chi connectivity index (χ1) is 12.8. The number of fused-ring (bicyclic) bond motifs is 1. The summed E-state index contributed by atoms with van der Waals surface area (Å²) in [5.41, 5.74) is -0.361. The second kappa shape index (κ2) is 7.15. The van der Waals surface area contributed by atoms with Crippen molar-refractivity contribution in [2.24, 2.45) is 0 Å². The molecule has 0 saturated carbocycles. The van der Waals surface area contributed by atoms with Crippen LogP contribution >= 0.6 is 0 Å². The Hall–Kier alpha value is -3.89. The largest absolute Gasteiger partial charge is 0.514 e. The van der Waals surface area contributed by atoms with Crippen molar-refractivity contribution in [3.8, 4) is 17.2 Å². The normalized spacial score (nSPS) is 12.9. The summed E-state index contributed by atoms with van der Waals surface area (Å²) >= 11 is 0. The van der Waals surface area contributed by atoms with Crippen molar-refractivity contribution >= 4 is 17.5 Å². The lowest BCUT2D eigenvalue weighted by Crippen LogP contribution is -2.14. The number of nitro groups is 2. The molecule has 1 atom stereocenters. The average molecular weight is 376 g/mol. The summed E-state index contributed by atoms with van der Waals surface area (Å²) in [6.07, 6.45) is -2.14. The Morgan fingerprint density at radius 3 is 2.30 bits per heavy atom. The second-order valence-electron chi connectivity index (χ2n) is 5.38. The Balaban J connectivity index is 1.73. The number of hydrogen-bond acceptors (Lipinski definition) is 9. The van der Waals surface area contributed by atoms with Gasteiger partial charge in [0, 0.05) is 12.1 Å². The molecule has 1 unspecified atom stereocenters. The van der Waals surface area contributed by atoms with E-state index in [4.69, 9.17) is 18.9 Å². The van der Waals surface area contributed by atoms with Crippen molar-refractivity contribution in [1.29, 1.82) is 0 Å². The zero-order chi connectivity index (χ0) is 19.6. The van der Waals surface area contributed by atoms with Crippen molar-refractivity contribution in [3.05, 3.63) is 62.2 Å². The molecule has 0 spiro atoms. The number of ether oxygens (including phenoxy) is 4. The van der Waals surface area contributed by atoms with Crippen LogP contribution in [0.25, 0.3) is 0 Å². The van der Waals surface area contributed by atoms with E-state index >= 15 is 0 Å². The minimum atomic E-state index is -1.12. The second-order valence-corrected chi connectivity index (χ2v) is 5.38. The molecule has 1 heterocycles. The van der Waals surface area contributed by atoms with Gasteiger partial charge in [-0.3, -0.25) is 20.2 Å². The highest BCUT2D eigenvalue weighted by molar-refractivity contribution is 5.65. The minimum Gasteiger partial charge on any atom is -0.454 e. The number of non-ortho nitro benzene ring substituents is 1. The lowest BCUT2D eigenvalue weighted by molar-refractivity contribution is -0.386. The topological polar surface area (TPSA) is 140 Å². The highest BCUT2D eigenvalue weighted by atomic mass is 16.7. The quantitative estimate of drug-likeness (QED) is 0.332. The van der Waals surface area contributed by atoms with E-state index in [0.29, 0.717) is 5.75 Å². The van der Waals surface area contributed by atoms with E-state index in [0.717, 1.165) is 12.1 Å². The van der Waals surface area contributed by atoms with Crippen molar-refractivity contribution in [2.45, 2.75) is 13.0 Å². The van der Waals surface area contributed by atoms with Crippen LogP contribution in [0.1, 0.15) is 18.6 Å². The van der Waals surface area contributed by atoms with Crippen LogP contribution in [0.3, 0.4) is 0 Å². The van der Waals surface area contributed by atoms with Gasteiger partial charge in [-0.05, 0) is 25.1 Å². The fraction of sp³-hybridized carbons (Fsp3) is 0.188. The molecule has 11 heteroatoms. The number of carbonyl (C=O) groups is 1. The molecule has 2 aromatic rings. The molecule has 1 aliphatic rings. The maximum Gasteiger partial charge on any atom is 0.514 e. The van der Waals surface area contributed by atoms with E-state index in [2.05, 4.69) is 0 Å². The van der Waals surface area contributed by atoms with Crippen LogP contribution in [0.15, 0.2) is 36.4 Å². The Morgan fingerprint density at radius 2 is 1.70 bits per heavy atom. The maximum absolute atomic E-state index is 11.9. The van der Waals surface area contributed by atoms with Crippen LogP contribution in [0.4, 0.5) is 16.2 Å². The molecular formula is C16H12N2O9. The fourth-order valence-corrected chi connectivity index (χ4v) is 2.39. The van der Waals surface area contributed by atoms with Crippen LogP contribution in [0.5, 0.6) is 17.2 Å². The zero-order valence-electron chi connectivity index (χ0n) is 13.8. The van der Waals surface area contributed by atoms with Gasteiger partial charge in [0.25, 0.3) is 11.4 Å². The van der Waals surface area contributed by atoms with Gasteiger partial charge in [-0.25, -0.2) is 4.79 Å². The Kier molecular flexibility index (Phi) is 4.75. The molecule has 0 radical (unpaired) electrons. The zero-order valence-corrected chi connectivity index (χ0v) is 13.8. The predicted molar refractivity (Wildman–Crippen MR) is 87.8 cm³/mol. The van der Waals surface area contributed by atoms with Gasteiger partial charge in [0.15, 0.2) is 11.5 Å². The summed E-state index contributed by atoms with van der Waals surface area (Å²) in [7, 11) is 0. The van der Waals surface area contributed by atoms with Crippen molar-refractivity contribution in [3.63, 3.8) is 0 Å². The molecule has 0 aliphatic carbocycles. The van der Waals surface area contributed by atoms with Gasteiger partial charge in [0.1, 0.15) is 11.9 Å². The number of benzene rings is 2. The van der Waals surface area contributed by atoms with E-state index in [1.807, 2.05) is 0 Å².